The van der Waals surface area contributed by atoms with Gasteiger partial charge in [0.1, 0.15) is 5.52 Å². The molecular weight excluding hydrogens is 412 g/mol. The molecule has 0 atom stereocenters. The first-order valence-corrected chi connectivity index (χ1v) is 10.5. The second-order valence-corrected chi connectivity index (χ2v) is 7.98. The maximum Gasteiger partial charge on any atom is 0.113 e. The zero-order chi connectivity index (χ0) is 22.4. The van der Waals surface area contributed by atoms with Crippen LogP contribution >= 0.6 is 0 Å². The van der Waals surface area contributed by atoms with Crippen LogP contribution in [0, 0.1) is 18.3 Å². The van der Waals surface area contributed by atoms with E-state index in [1.54, 1.807) is 6.20 Å². The summed E-state index contributed by atoms with van der Waals surface area (Å²) in [7, 11) is 0. The molecule has 8 nitrogen and oxygen atoms in total. The van der Waals surface area contributed by atoms with Crippen molar-refractivity contribution in [3.05, 3.63) is 89.7 Å². The Bertz CT molecular complexity index is 1660. The number of benzene rings is 3. The van der Waals surface area contributed by atoms with Crippen LogP contribution in [0.3, 0.4) is 0 Å². The van der Waals surface area contributed by atoms with Crippen molar-refractivity contribution in [2.45, 2.75) is 13.5 Å². The Morgan fingerprint density at radius 1 is 1.03 bits per heavy atom. The van der Waals surface area contributed by atoms with Gasteiger partial charge in [0.05, 0.1) is 46.8 Å². The predicted octanol–water partition coefficient (Wildman–Crippen LogP) is 4.39. The number of hydrogen-bond acceptors (Lipinski definition) is 5. The third kappa shape index (κ3) is 3.23. The molecule has 0 amide bonds. The van der Waals surface area contributed by atoms with Gasteiger partial charge < -0.3 is 0 Å². The maximum atomic E-state index is 9.04. The second kappa shape index (κ2) is 7.43. The van der Waals surface area contributed by atoms with Gasteiger partial charge in [-0.15, -0.1) is 5.10 Å². The molecule has 0 bridgehead atoms. The summed E-state index contributed by atoms with van der Waals surface area (Å²) in [4.78, 5) is 0. The molecule has 0 saturated heterocycles. The highest BCUT2D eigenvalue weighted by atomic mass is 15.4. The highest BCUT2D eigenvalue weighted by Crippen LogP contribution is 2.29. The van der Waals surface area contributed by atoms with E-state index in [-0.39, 0.29) is 0 Å². The van der Waals surface area contributed by atoms with Gasteiger partial charge in [0.2, 0.25) is 0 Å². The molecule has 1 N–H and O–H groups in total. The number of aromatic nitrogens is 7. The smallest absolute Gasteiger partial charge is 0.113 e. The molecule has 0 aliphatic carbocycles. The van der Waals surface area contributed by atoms with Crippen LogP contribution in [0.1, 0.15) is 16.7 Å². The number of nitriles is 1. The third-order valence-corrected chi connectivity index (χ3v) is 5.87. The van der Waals surface area contributed by atoms with Crippen molar-refractivity contribution in [3.63, 3.8) is 0 Å². The first kappa shape index (κ1) is 19.0. The first-order chi connectivity index (χ1) is 16.2. The molecule has 0 spiro atoms. The van der Waals surface area contributed by atoms with Gasteiger partial charge in [0, 0.05) is 17.1 Å². The molecular formula is C25H18N8. The van der Waals surface area contributed by atoms with Crippen LogP contribution in [-0.2, 0) is 6.54 Å². The minimum absolute atomic E-state index is 0.611. The molecule has 0 aliphatic rings. The second-order valence-electron chi connectivity index (χ2n) is 7.98. The zero-order valence-corrected chi connectivity index (χ0v) is 17.8. The van der Waals surface area contributed by atoms with Crippen LogP contribution in [0.4, 0.5) is 0 Å². The van der Waals surface area contributed by atoms with Gasteiger partial charge in [-0.25, -0.2) is 4.68 Å². The summed E-state index contributed by atoms with van der Waals surface area (Å²) in [5.41, 5.74) is 8.52. The van der Waals surface area contributed by atoms with E-state index < -0.39 is 0 Å². The van der Waals surface area contributed by atoms with Gasteiger partial charge in [-0.3, -0.25) is 9.78 Å². The lowest BCUT2D eigenvalue weighted by molar-refractivity contribution is 0.694. The van der Waals surface area contributed by atoms with Crippen LogP contribution in [0.2, 0.25) is 0 Å². The van der Waals surface area contributed by atoms with Gasteiger partial charge in [-0.2, -0.15) is 15.5 Å². The molecule has 6 rings (SSSR count). The van der Waals surface area contributed by atoms with E-state index >= 15 is 0 Å². The number of nitrogens with one attached hydrogen (secondary N) is 1. The summed E-state index contributed by atoms with van der Waals surface area (Å²) in [6.07, 6.45) is 3.61. The Morgan fingerprint density at radius 3 is 2.76 bits per heavy atom. The average Bonchev–Trinajstić information content (AvgIpc) is 3.58. The highest BCUT2D eigenvalue weighted by Gasteiger charge is 2.15. The van der Waals surface area contributed by atoms with Gasteiger partial charge in [-0.1, -0.05) is 17.3 Å². The summed E-state index contributed by atoms with van der Waals surface area (Å²) in [6.45, 7) is 2.68. The van der Waals surface area contributed by atoms with Crippen molar-refractivity contribution < 1.29 is 0 Å². The SMILES string of the molecule is Cc1cc2nnn(-c3ccc4cn[nH]c4c3)c2cc1-c1ccnn1Cc1ccc(C#N)cc1. The molecule has 0 unspecified atom stereocenters. The lowest BCUT2D eigenvalue weighted by atomic mass is 10.0. The van der Waals surface area contributed by atoms with Gasteiger partial charge in [0.15, 0.2) is 0 Å². The number of nitrogens with zero attached hydrogens (tertiary/aromatic N) is 7. The third-order valence-electron chi connectivity index (χ3n) is 5.87. The first-order valence-electron chi connectivity index (χ1n) is 10.5. The number of hydrogen-bond donors (Lipinski definition) is 1. The summed E-state index contributed by atoms with van der Waals surface area (Å²) >= 11 is 0. The Kier molecular flexibility index (Phi) is 4.27. The summed E-state index contributed by atoms with van der Waals surface area (Å²) in [5.74, 6) is 0. The Hall–Kier alpha value is -4.77. The molecule has 0 saturated carbocycles. The monoisotopic (exact) mass is 430 g/mol. The van der Waals surface area contributed by atoms with Gasteiger partial charge in [0.25, 0.3) is 0 Å². The molecule has 3 aromatic heterocycles. The van der Waals surface area contributed by atoms with Crippen molar-refractivity contribution in [1.29, 1.82) is 5.26 Å². The fraction of sp³-hybridized carbons (Fsp3) is 0.0800. The summed E-state index contributed by atoms with van der Waals surface area (Å²) in [6, 6.07) is 22.0. The Balaban J connectivity index is 1.43. The minimum Gasteiger partial charge on any atom is -0.278 e. The quantitative estimate of drug-likeness (QED) is 0.447. The fourth-order valence-corrected chi connectivity index (χ4v) is 4.14. The highest BCUT2D eigenvalue weighted by molar-refractivity contribution is 5.85. The van der Waals surface area contributed by atoms with E-state index in [1.165, 1.54) is 0 Å². The Morgan fingerprint density at radius 2 is 1.91 bits per heavy atom. The maximum absolute atomic E-state index is 9.04. The molecule has 8 heteroatoms. The number of H-pyrrole nitrogens is 1. The van der Waals surface area contributed by atoms with Gasteiger partial charge >= 0.3 is 0 Å². The summed E-state index contributed by atoms with van der Waals surface area (Å²) in [5, 5.41) is 30.6. The van der Waals surface area contributed by atoms with Crippen molar-refractivity contribution in [2.24, 2.45) is 0 Å². The molecule has 33 heavy (non-hydrogen) atoms. The lowest BCUT2D eigenvalue weighted by Gasteiger charge is -2.11. The van der Waals surface area contributed by atoms with Crippen molar-refractivity contribution in [2.75, 3.05) is 0 Å². The van der Waals surface area contributed by atoms with Crippen molar-refractivity contribution in [1.82, 2.24) is 35.0 Å². The number of aromatic amines is 1. The number of rotatable bonds is 4. The topological polar surface area (TPSA) is 101 Å². The molecule has 3 heterocycles. The molecule has 0 fully saturated rings. The van der Waals surface area contributed by atoms with Gasteiger partial charge in [-0.05, 0) is 66.6 Å². The molecule has 158 valence electrons. The molecule has 0 aliphatic heterocycles. The van der Waals surface area contributed by atoms with Crippen molar-refractivity contribution in [3.8, 4) is 23.0 Å². The van der Waals surface area contributed by atoms with Crippen LogP contribution < -0.4 is 0 Å². The zero-order valence-electron chi connectivity index (χ0n) is 17.8. The average molecular weight is 430 g/mol. The van der Waals surface area contributed by atoms with Crippen LogP contribution in [0.5, 0.6) is 0 Å². The number of aryl methyl sites for hydroxylation is 1. The van der Waals surface area contributed by atoms with E-state index in [0.29, 0.717) is 12.1 Å². The Labute approximate surface area is 188 Å². The summed E-state index contributed by atoms with van der Waals surface area (Å²) < 4.78 is 3.82. The van der Waals surface area contributed by atoms with Crippen LogP contribution in [0.25, 0.3) is 38.9 Å². The van der Waals surface area contributed by atoms with Crippen LogP contribution in [0.15, 0.2) is 73.1 Å². The standard InChI is InChI=1S/C25H18N8/c1-16-10-23-25(33(31-30-23)20-7-6-19-14-27-29-22(19)11-20)12-21(16)24-8-9-28-32(24)15-18-4-2-17(13-26)3-5-18/h2-12,14H,15H2,1H3,(H,27,29). The molecule has 0 radical (unpaired) electrons. The molecule has 3 aromatic carbocycles. The largest absolute Gasteiger partial charge is 0.278 e. The normalized spacial score (nSPS) is 11.3. The van der Waals surface area contributed by atoms with Crippen LogP contribution in [-0.4, -0.2) is 35.0 Å². The number of fused-ring (bicyclic) bond motifs is 2. The fourth-order valence-electron chi connectivity index (χ4n) is 4.14. The van der Waals surface area contributed by atoms with E-state index in [2.05, 4.69) is 50.7 Å². The van der Waals surface area contributed by atoms with E-state index in [1.807, 2.05) is 64.1 Å². The van der Waals surface area contributed by atoms with Crippen molar-refractivity contribution >= 4 is 21.9 Å². The lowest BCUT2D eigenvalue weighted by Crippen LogP contribution is -2.04. The van der Waals surface area contributed by atoms with E-state index in [0.717, 1.165) is 50.0 Å². The predicted molar refractivity (Wildman–Crippen MR) is 125 cm³/mol. The van der Waals surface area contributed by atoms with E-state index in [9.17, 15) is 0 Å². The minimum atomic E-state index is 0.611. The van der Waals surface area contributed by atoms with E-state index in [4.69, 9.17) is 5.26 Å². The molecule has 6 aromatic rings.